The Morgan fingerprint density at radius 3 is 2.43 bits per heavy atom. The van der Waals surface area contributed by atoms with Gasteiger partial charge in [-0.05, 0) is 66.6 Å². The molecule has 2 N–H and O–H groups in total. The number of rotatable bonds is 11. The molecule has 0 radical (unpaired) electrons. The first-order valence-electron chi connectivity index (χ1n) is 10.6. The zero-order valence-electron chi connectivity index (χ0n) is 18.9. The van der Waals surface area contributed by atoms with Crippen LogP contribution in [0.4, 0.5) is 4.79 Å². The van der Waals surface area contributed by atoms with Crippen molar-refractivity contribution in [3.8, 4) is 11.5 Å². The van der Waals surface area contributed by atoms with Crippen molar-refractivity contribution in [1.82, 2.24) is 4.90 Å². The molecule has 1 saturated heterocycles. The number of nitrogens with zero attached hydrogens (tertiary/aromatic N) is 1. The number of allylic oxidation sites excluding steroid dienone is 1. The third-order valence-electron chi connectivity index (χ3n) is 4.87. The van der Waals surface area contributed by atoms with E-state index in [1.807, 2.05) is 6.92 Å². The lowest BCUT2D eigenvalue weighted by Crippen LogP contribution is -2.33. The van der Waals surface area contributed by atoms with Crippen molar-refractivity contribution in [3.63, 3.8) is 0 Å². The summed E-state index contributed by atoms with van der Waals surface area (Å²) in [6.45, 7) is 5.40. The zero-order valence-corrected chi connectivity index (χ0v) is 19.7. The fourth-order valence-electron chi connectivity index (χ4n) is 3.32. The van der Waals surface area contributed by atoms with E-state index in [1.54, 1.807) is 30.3 Å². The van der Waals surface area contributed by atoms with Crippen LogP contribution in [0.15, 0.2) is 54.0 Å². The molecule has 35 heavy (non-hydrogen) atoms. The lowest BCUT2D eigenvalue weighted by molar-refractivity contribution is -0.140. The molecule has 0 aliphatic carbocycles. The van der Waals surface area contributed by atoms with Crippen molar-refractivity contribution in [2.45, 2.75) is 20.0 Å². The van der Waals surface area contributed by atoms with Crippen molar-refractivity contribution < 1.29 is 38.9 Å². The fraction of sp³-hybridized carbons (Fsp3) is 0.200. The molecular weight excluding hydrogens is 474 g/mol. The first kappa shape index (κ1) is 25.6. The highest BCUT2D eigenvalue weighted by Gasteiger charge is 2.36. The summed E-state index contributed by atoms with van der Waals surface area (Å²) in [5.41, 5.74) is 2.24. The number of thioether (sulfide) groups is 1. The van der Waals surface area contributed by atoms with Crippen LogP contribution in [-0.2, 0) is 22.6 Å². The number of carbonyl (C=O) groups excluding carboxylic acids is 2. The molecule has 1 aliphatic heterocycles. The summed E-state index contributed by atoms with van der Waals surface area (Å²) < 4.78 is 11.8. The fourth-order valence-corrected chi connectivity index (χ4v) is 4.16. The molecule has 1 heterocycles. The van der Waals surface area contributed by atoms with E-state index < -0.39 is 29.6 Å². The van der Waals surface area contributed by atoms with Crippen LogP contribution < -0.4 is 9.47 Å². The summed E-state index contributed by atoms with van der Waals surface area (Å²) in [6.07, 6.45) is 3.62. The van der Waals surface area contributed by atoms with Gasteiger partial charge in [-0.25, -0.2) is 4.79 Å². The highest BCUT2D eigenvalue weighted by molar-refractivity contribution is 8.18. The molecule has 1 aliphatic rings. The number of amides is 2. The van der Waals surface area contributed by atoms with E-state index >= 15 is 0 Å². The Morgan fingerprint density at radius 2 is 1.83 bits per heavy atom. The predicted octanol–water partition coefficient (Wildman–Crippen LogP) is 4.21. The molecule has 0 spiro atoms. The van der Waals surface area contributed by atoms with E-state index in [2.05, 4.69) is 6.58 Å². The van der Waals surface area contributed by atoms with Gasteiger partial charge in [-0.1, -0.05) is 18.2 Å². The number of hydrogen-bond donors (Lipinski definition) is 2. The molecular formula is C25H23NO8S. The Hall–Kier alpha value is -4.05. The Bertz CT molecular complexity index is 1200. The molecule has 0 aromatic heterocycles. The van der Waals surface area contributed by atoms with Crippen molar-refractivity contribution in [3.05, 3.63) is 76.2 Å². The van der Waals surface area contributed by atoms with Crippen molar-refractivity contribution in [2.75, 3.05) is 13.2 Å². The van der Waals surface area contributed by atoms with Crippen LogP contribution in [0, 0.1) is 0 Å². The van der Waals surface area contributed by atoms with Crippen LogP contribution in [0.1, 0.15) is 34.0 Å². The van der Waals surface area contributed by atoms with Gasteiger partial charge >= 0.3 is 11.9 Å². The average Bonchev–Trinajstić information content (AvgIpc) is 3.06. The number of imide groups is 1. The molecule has 2 aromatic carbocycles. The Morgan fingerprint density at radius 1 is 1.11 bits per heavy atom. The van der Waals surface area contributed by atoms with Gasteiger partial charge in [-0.15, -0.1) is 6.58 Å². The molecule has 10 heteroatoms. The monoisotopic (exact) mass is 497 g/mol. The number of carboxylic acid groups (broad SMARTS) is 2. The summed E-state index contributed by atoms with van der Waals surface area (Å²) in [7, 11) is 0. The molecule has 9 nitrogen and oxygen atoms in total. The maximum atomic E-state index is 12.5. The molecule has 0 saturated carbocycles. The normalized spacial score (nSPS) is 14.3. The van der Waals surface area contributed by atoms with Crippen LogP contribution in [0.2, 0.25) is 0 Å². The number of aliphatic carboxylic acids is 1. The summed E-state index contributed by atoms with van der Waals surface area (Å²) in [6, 6.07) is 9.77. The van der Waals surface area contributed by atoms with Gasteiger partial charge in [0.05, 0.1) is 17.1 Å². The molecule has 182 valence electrons. The Labute approximate surface area is 205 Å². The predicted molar refractivity (Wildman–Crippen MR) is 130 cm³/mol. The summed E-state index contributed by atoms with van der Waals surface area (Å²) >= 11 is 0.673. The first-order valence-corrected chi connectivity index (χ1v) is 11.4. The van der Waals surface area contributed by atoms with Crippen molar-refractivity contribution in [1.29, 1.82) is 0 Å². The van der Waals surface area contributed by atoms with Crippen LogP contribution >= 0.6 is 11.8 Å². The maximum Gasteiger partial charge on any atom is 0.335 e. The van der Waals surface area contributed by atoms with Gasteiger partial charge in [0.25, 0.3) is 11.1 Å². The minimum Gasteiger partial charge on any atom is -0.490 e. The van der Waals surface area contributed by atoms with Gasteiger partial charge < -0.3 is 19.7 Å². The number of ether oxygens (including phenoxy) is 2. The van der Waals surface area contributed by atoms with E-state index in [0.29, 0.717) is 46.8 Å². The van der Waals surface area contributed by atoms with E-state index in [0.717, 1.165) is 11.1 Å². The summed E-state index contributed by atoms with van der Waals surface area (Å²) in [4.78, 5) is 47.4. The smallest absolute Gasteiger partial charge is 0.335 e. The number of benzene rings is 2. The number of carboxylic acids is 2. The molecule has 2 aromatic rings. The number of aromatic carboxylic acids is 1. The summed E-state index contributed by atoms with van der Waals surface area (Å²) in [5.74, 6) is -2.06. The highest BCUT2D eigenvalue weighted by Crippen LogP contribution is 2.37. The largest absolute Gasteiger partial charge is 0.490 e. The quantitative estimate of drug-likeness (QED) is 0.346. The van der Waals surface area contributed by atoms with Crippen molar-refractivity contribution in [2.24, 2.45) is 0 Å². The number of carbonyl (C=O) groups is 4. The van der Waals surface area contributed by atoms with Crippen LogP contribution in [0.25, 0.3) is 6.08 Å². The SMILES string of the molecule is C=CCc1cc(/C=C2/SC(=O)N(CC(=O)O)C2=O)cc(OCC)c1OCc1ccc(C(=O)O)cc1. The minimum absolute atomic E-state index is 0.107. The van der Waals surface area contributed by atoms with Gasteiger partial charge in [-0.3, -0.25) is 19.3 Å². The molecule has 0 unspecified atom stereocenters. The van der Waals surface area contributed by atoms with E-state index in [9.17, 15) is 19.2 Å². The number of hydrogen-bond acceptors (Lipinski definition) is 7. The van der Waals surface area contributed by atoms with E-state index in [1.165, 1.54) is 18.2 Å². The second-order valence-electron chi connectivity index (χ2n) is 7.39. The molecule has 1 fully saturated rings. The third-order valence-corrected chi connectivity index (χ3v) is 5.77. The van der Waals surface area contributed by atoms with E-state index in [-0.39, 0.29) is 17.1 Å². The van der Waals surface area contributed by atoms with Gasteiger partial charge in [-0.2, -0.15) is 0 Å². The topological polar surface area (TPSA) is 130 Å². The lowest BCUT2D eigenvalue weighted by Gasteiger charge is -2.17. The second-order valence-corrected chi connectivity index (χ2v) is 8.38. The van der Waals surface area contributed by atoms with Crippen molar-refractivity contribution >= 4 is 40.9 Å². The Balaban J connectivity index is 1.91. The minimum atomic E-state index is -1.28. The Kier molecular flexibility index (Phi) is 8.32. The highest BCUT2D eigenvalue weighted by atomic mass is 32.2. The average molecular weight is 498 g/mol. The maximum absolute atomic E-state index is 12.5. The van der Waals surface area contributed by atoms with E-state index in [4.69, 9.17) is 19.7 Å². The molecule has 2 amide bonds. The van der Waals surface area contributed by atoms with Crippen LogP contribution in [0.5, 0.6) is 11.5 Å². The van der Waals surface area contributed by atoms with Gasteiger partial charge in [0.15, 0.2) is 11.5 Å². The first-order chi connectivity index (χ1) is 16.7. The zero-order chi connectivity index (χ0) is 25.5. The summed E-state index contributed by atoms with van der Waals surface area (Å²) in [5, 5.41) is 17.3. The van der Waals surface area contributed by atoms with Gasteiger partial charge in [0, 0.05) is 5.56 Å². The van der Waals surface area contributed by atoms with Crippen LogP contribution in [-0.4, -0.2) is 51.3 Å². The standard InChI is InChI=1S/C25H23NO8S/c1-3-5-18-10-16(12-20-23(29)26(13-21(27)28)25(32)35-20)11-19(33-4-2)22(18)34-14-15-6-8-17(9-7-15)24(30)31/h3,6-12H,1,4-5,13-14H2,2H3,(H,27,28)(H,30,31)/b20-12+. The molecule has 3 rings (SSSR count). The lowest BCUT2D eigenvalue weighted by atomic mass is 10.0. The molecule has 0 bridgehead atoms. The second kappa shape index (κ2) is 11.4. The third kappa shape index (κ3) is 6.30. The molecule has 0 atom stereocenters. The van der Waals surface area contributed by atoms with Gasteiger partial charge in [0.2, 0.25) is 0 Å². The van der Waals surface area contributed by atoms with Gasteiger partial charge in [0.1, 0.15) is 13.2 Å². The van der Waals surface area contributed by atoms with Crippen LogP contribution in [0.3, 0.4) is 0 Å².